The molecule has 2 N–H and O–H groups in total. The van der Waals surface area contributed by atoms with Gasteiger partial charge in [-0.25, -0.2) is 9.89 Å². The van der Waals surface area contributed by atoms with Crippen LogP contribution in [0.1, 0.15) is 61.5 Å². The lowest BCUT2D eigenvalue weighted by Crippen LogP contribution is -2.63. The molecule has 1 aliphatic heterocycles. The van der Waals surface area contributed by atoms with Gasteiger partial charge in [-0.3, -0.25) is 4.57 Å². The van der Waals surface area contributed by atoms with Gasteiger partial charge in [0.2, 0.25) is 0 Å². The minimum absolute atomic E-state index is 0.0883. The molecule has 0 aliphatic carbocycles. The number of aromatic nitrogens is 3. The molecule has 2 aromatic carbocycles. The van der Waals surface area contributed by atoms with Gasteiger partial charge in [0.15, 0.2) is 0 Å². The van der Waals surface area contributed by atoms with Gasteiger partial charge in [-0.05, 0) is 55.5 Å². The lowest BCUT2D eigenvalue weighted by Gasteiger charge is -2.48. The van der Waals surface area contributed by atoms with Crippen LogP contribution in [0, 0.1) is 0 Å². The van der Waals surface area contributed by atoms with Gasteiger partial charge in [0, 0.05) is 6.54 Å². The number of benzene rings is 2. The summed E-state index contributed by atoms with van der Waals surface area (Å²) in [4.78, 5) is 17.8. The van der Waals surface area contributed by atoms with E-state index in [-0.39, 0.29) is 24.8 Å². The van der Waals surface area contributed by atoms with Crippen LogP contribution in [0.2, 0.25) is 0 Å². The summed E-state index contributed by atoms with van der Waals surface area (Å²) < 4.78 is 88.2. The molecule has 1 aromatic heterocycles. The zero-order chi connectivity index (χ0) is 30.8. The normalized spacial score (nSPS) is 22.6. The van der Waals surface area contributed by atoms with Crippen LogP contribution in [0.4, 0.5) is 26.3 Å². The van der Waals surface area contributed by atoms with E-state index < -0.39 is 46.4 Å². The SMILES string of the molecule is CC/C(=N\OC)[C@]1(n2cn[nH]c2=O)CC[C@@](CO[C@H](C)c2cc(C(F)(F)F)cc(C(F)(F)F)c2)(c2ccccc2)NC1. The van der Waals surface area contributed by atoms with Crippen LogP contribution in [0.15, 0.2) is 64.8 Å². The first kappa shape index (κ1) is 31.3. The number of piperidine rings is 1. The van der Waals surface area contributed by atoms with E-state index in [1.807, 2.05) is 37.3 Å². The van der Waals surface area contributed by atoms with Crippen LogP contribution < -0.4 is 11.0 Å². The Balaban J connectivity index is 1.68. The van der Waals surface area contributed by atoms with Gasteiger partial charge in [0.25, 0.3) is 0 Å². The Morgan fingerprint density at radius 3 is 2.19 bits per heavy atom. The van der Waals surface area contributed by atoms with E-state index in [0.717, 1.165) is 5.56 Å². The van der Waals surface area contributed by atoms with E-state index in [9.17, 15) is 31.1 Å². The largest absolute Gasteiger partial charge is 0.416 e. The number of nitrogens with one attached hydrogen (secondary N) is 2. The van der Waals surface area contributed by atoms with Crippen molar-refractivity contribution in [2.45, 2.75) is 62.6 Å². The van der Waals surface area contributed by atoms with E-state index in [4.69, 9.17) is 9.57 Å². The molecule has 0 bridgehead atoms. The minimum Gasteiger partial charge on any atom is -0.399 e. The molecule has 1 saturated heterocycles. The van der Waals surface area contributed by atoms with Gasteiger partial charge in [0.05, 0.1) is 35.1 Å². The first-order valence-corrected chi connectivity index (χ1v) is 13.2. The average molecular weight is 600 g/mol. The van der Waals surface area contributed by atoms with Gasteiger partial charge in [-0.1, -0.05) is 42.4 Å². The monoisotopic (exact) mass is 599 g/mol. The Morgan fingerprint density at radius 1 is 1.07 bits per heavy atom. The summed E-state index contributed by atoms with van der Waals surface area (Å²) in [6.45, 7) is 3.37. The smallest absolute Gasteiger partial charge is 0.399 e. The molecular formula is C28H31F6N5O3. The molecule has 228 valence electrons. The van der Waals surface area contributed by atoms with Gasteiger partial charge < -0.3 is 14.9 Å². The highest BCUT2D eigenvalue weighted by Gasteiger charge is 2.48. The standard InChI is InChI=1S/C28H31F6N5O3/c1-4-23(38-41-3)26(39-17-36-37-24(39)40)11-10-25(35-15-26,20-8-6-5-7-9-20)16-42-18(2)19-12-21(27(29,30)31)14-22(13-19)28(32,33)34/h5-9,12-14,17-18,35H,4,10-11,15-16H2,1-3H3,(H,37,40)/b38-23+/t18-,25-,26+/m1/s1. The van der Waals surface area contributed by atoms with Crippen LogP contribution in [0.25, 0.3) is 0 Å². The van der Waals surface area contributed by atoms with Crippen LogP contribution >= 0.6 is 0 Å². The summed E-state index contributed by atoms with van der Waals surface area (Å²) in [5.74, 6) is 0. The summed E-state index contributed by atoms with van der Waals surface area (Å²) >= 11 is 0. The van der Waals surface area contributed by atoms with Crippen LogP contribution in [0.5, 0.6) is 0 Å². The molecule has 3 atom stereocenters. The van der Waals surface area contributed by atoms with E-state index in [2.05, 4.69) is 20.7 Å². The summed E-state index contributed by atoms with van der Waals surface area (Å²) in [5.41, 5.74) is -3.99. The fraction of sp³-hybridized carbons (Fsp3) is 0.464. The Labute approximate surface area is 237 Å². The third-order valence-electron chi connectivity index (χ3n) is 7.76. The number of nitrogens with zero attached hydrogens (tertiary/aromatic N) is 3. The van der Waals surface area contributed by atoms with Crippen molar-refractivity contribution in [1.82, 2.24) is 20.1 Å². The number of hydrogen-bond donors (Lipinski definition) is 2. The molecule has 8 nitrogen and oxygen atoms in total. The van der Waals surface area contributed by atoms with Crippen molar-refractivity contribution >= 4 is 5.71 Å². The van der Waals surface area contributed by atoms with Gasteiger partial charge in [-0.2, -0.15) is 31.4 Å². The molecule has 1 aliphatic rings. The first-order chi connectivity index (χ1) is 19.8. The van der Waals surface area contributed by atoms with E-state index in [0.29, 0.717) is 37.1 Å². The van der Waals surface area contributed by atoms with Crippen molar-refractivity contribution < 1.29 is 35.9 Å². The minimum atomic E-state index is -4.97. The third kappa shape index (κ3) is 6.24. The zero-order valence-electron chi connectivity index (χ0n) is 23.1. The molecule has 0 radical (unpaired) electrons. The van der Waals surface area contributed by atoms with Crippen molar-refractivity contribution in [3.05, 3.63) is 87.6 Å². The second kappa shape index (κ2) is 11.9. The molecule has 0 amide bonds. The van der Waals surface area contributed by atoms with Crippen molar-refractivity contribution in [3.63, 3.8) is 0 Å². The maximum absolute atomic E-state index is 13.5. The Hall–Kier alpha value is -3.65. The molecule has 2 heterocycles. The fourth-order valence-electron chi connectivity index (χ4n) is 5.43. The Kier molecular flexibility index (Phi) is 8.88. The van der Waals surface area contributed by atoms with Crippen LogP contribution in [-0.2, 0) is 33.0 Å². The van der Waals surface area contributed by atoms with Crippen LogP contribution in [-0.4, -0.2) is 40.7 Å². The quantitative estimate of drug-likeness (QED) is 0.185. The predicted octanol–water partition coefficient (Wildman–Crippen LogP) is 5.77. The maximum Gasteiger partial charge on any atom is 0.416 e. The average Bonchev–Trinajstić information content (AvgIpc) is 3.40. The lowest BCUT2D eigenvalue weighted by molar-refractivity contribution is -0.143. The summed E-state index contributed by atoms with van der Waals surface area (Å²) in [7, 11) is 1.40. The van der Waals surface area contributed by atoms with Crippen molar-refractivity contribution in [2.75, 3.05) is 20.3 Å². The molecule has 0 saturated carbocycles. The van der Waals surface area contributed by atoms with Gasteiger partial charge >= 0.3 is 18.0 Å². The Morgan fingerprint density at radius 2 is 1.71 bits per heavy atom. The summed E-state index contributed by atoms with van der Waals surface area (Å²) in [5, 5.41) is 13.9. The summed E-state index contributed by atoms with van der Waals surface area (Å²) in [6.07, 6.45) is -8.49. The maximum atomic E-state index is 13.5. The highest BCUT2D eigenvalue weighted by molar-refractivity contribution is 5.91. The number of ether oxygens (including phenoxy) is 1. The predicted molar refractivity (Wildman–Crippen MR) is 142 cm³/mol. The van der Waals surface area contributed by atoms with Crippen molar-refractivity contribution in [2.24, 2.45) is 5.16 Å². The molecule has 3 aromatic rings. The number of oxime groups is 1. The van der Waals surface area contributed by atoms with E-state index >= 15 is 0 Å². The number of rotatable bonds is 9. The van der Waals surface area contributed by atoms with E-state index in [1.54, 1.807) is 0 Å². The molecule has 4 rings (SSSR count). The van der Waals surface area contributed by atoms with Gasteiger partial charge in [0.1, 0.15) is 19.0 Å². The molecule has 14 heteroatoms. The first-order valence-electron chi connectivity index (χ1n) is 13.2. The number of aromatic amines is 1. The number of alkyl halides is 6. The number of halogens is 6. The molecular weight excluding hydrogens is 568 g/mol. The zero-order valence-corrected chi connectivity index (χ0v) is 23.1. The molecule has 1 fully saturated rings. The topological polar surface area (TPSA) is 93.5 Å². The lowest BCUT2D eigenvalue weighted by atomic mass is 9.73. The highest BCUT2D eigenvalue weighted by Crippen LogP contribution is 2.41. The van der Waals surface area contributed by atoms with Crippen molar-refractivity contribution in [3.8, 4) is 0 Å². The van der Waals surface area contributed by atoms with Crippen LogP contribution in [0.3, 0.4) is 0 Å². The molecule has 0 unspecified atom stereocenters. The Bertz CT molecular complexity index is 1410. The summed E-state index contributed by atoms with van der Waals surface area (Å²) in [6, 6.07) is 10.6. The fourth-order valence-corrected chi connectivity index (χ4v) is 5.43. The second-order valence-electron chi connectivity index (χ2n) is 10.2. The second-order valence-corrected chi connectivity index (χ2v) is 10.2. The molecule has 42 heavy (non-hydrogen) atoms. The van der Waals surface area contributed by atoms with E-state index in [1.165, 1.54) is 24.9 Å². The van der Waals surface area contributed by atoms with Crippen molar-refractivity contribution in [1.29, 1.82) is 0 Å². The number of H-pyrrole nitrogens is 1. The number of hydrogen-bond acceptors (Lipinski definition) is 6. The third-order valence-corrected chi connectivity index (χ3v) is 7.76. The molecule has 0 spiro atoms. The highest BCUT2D eigenvalue weighted by atomic mass is 19.4. The van der Waals surface area contributed by atoms with Gasteiger partial charge in [-0.15, -0.1) is 0 Å².